The number of fused-ring (bicyclic) bond motifs is 4. The van der Waals surface area contributed by atoms with E-state index >= 15 is 0 Å². The number of nitrogens with zero attached hydrogens (tertiary/aromatic N) is 1. The molecule has 44 heavy (non-hydrogen) atoms. The minimum atomic E-state index is -0.0838. The second-order valence-electron chi connectivity index (χ2n) is 12.2. The van der Waals surface area contributed by atoms with Gasteiger partial charge in [-0.1, -0.05) is 141 Å². The number of benzene rings is 7. The number of para-hydroxylation sites is 1. The topological polar surface area (TPSA) is 3.24 Å². The minimum Gasteiger partial charge on any atom is -0.310 e. The second-order valence-corrected chi connectivity index (χ2v) is 12.2. The largest absolute Gasteiger partial charge is 0.310 e. The first kappa shape index (κ1) is 26.2. The van der Waals surface area contributed by atoms with E-state index in [1.165, 1.54) is 55.3 Å². The zero-order chi connectivity index (χ0) is 29.7. The van der Waals surface area contributed by atoms with E-state index in [0.29, 0.717) is 0 Å². The van der Waals surface area contributed by atoms with Crippen LogP contribution in [0.3, 0.4) is 0 Å². The van der Waals surface area contributed by atoms with E-state index in [2.05, 4.69) is 183 Å². The fourth-order valence-electron chi connectivity index (χ4n) is 6.96. The molecule has 0 N–H and O–H groups in total. The van der Waals surface area contributed by atoms with Crippen LogP contribution in [0.25, 0.3) is 44.2 Å². The highest BCUT2D eigenvalue weighted by molar-refractivity contribution is 5.94. The van der Waals surface area contributed by atoms with Gasteiger partial charge < -0.3 is 4.90 Å². The van der Waals surface area contributed by atoms with Gasteiger partial charge in [-0.15, -0.1) is 0 Å². The van der Waals surface area contributed by atoms with Gasteiger partial charge in [-0.25, -0.2) is 0 Å². The number of anilines is 3. The van der Waals surface area contributed by atoms with E-state index in [1.54, 1.807) is 0 Å². The molecule has 0 atom stereocenters. The highest BCUT2D eigenvalue weighted by Gasteiger charge is 2.35. The van der Waals surface area contributed by atoms with Crippen molar-refractivity contribution in [2.45, 2.75) is 19.3 Å². The molecule has 0 amide bonds. The maximum Gasteiger partial charge on any atom is 0.0546 e. The third-order valence-corrected chi connectivity index (χ3v) is 9.25. The maximum absolute atomic E-state index is 2.44. The molecule has 1 aliphatic rings. The van der Waals surface area contributed by atoms with Crippen molar-refractivity contribution >= 4 is 27.8 Å². The van der Waals surface area contributed by atoms with Crippen molar-refractivity contribution in [2.75, 3.05) is 4.90 Å². The van der Waals surface area contributed by atoms with Crippen LogP contribution in [0.15, 0.2) is 164 Å². The molecule has 1 heteroatoms. The molecule has 0 saturated carbocycles. The van der Waals surface area contributed by atoms with Gasteiger partial charge in [0, 0.05) is 22.4 Å². The van der Waals surface area contributed by atoms with Crippen molar-refractivity contribution in [3.8, 4) is 33.4 Å². The Bertz CT molecular complexity index is 2140. The second kappa shape index (κ2) is 10.4. The molecule has 0 aliphatic heterocycles. The Morgan fingerprint density at radius 1 is 0.386 bits per heavy atom. The lowest BCUT2D eigenvalue weighted by molar-refractivity contribution is 0.660. The van der Waals surface area contributed by atoms with Crippen molar-refractivity contribution in [1.29, 1.82) is 0 Å². The Morgan fingerprint density at radius 3 is 1.82 bits per heavy atom. The summed E-state index contributed by atoms with van der Waals surface area (Å²) >= 11 is 0. The van der Waals surface area contributed by atoms with Crippen LogP contribution >= 0.6 is 0 Å². The number of hydrogen-bond acceptors (Lipinski definition) is 1. The fourth-order valence-corrected chi connectivity index (χ4v) is 6.96. The van der Waals surface area contributed by atoms with Gasteiger partial charge in [0.05, 0.1) is 5.69 Å². The molecule has 0 unspecified atom stereocenters. The summed E-state index contributed by atoms with van der Waals surface area (Å²) < 4.78 is 0. The Balaban J connectivity index is 1.36. The molecule has 7 aromatic carbocycles. The van der Waals surface area contributed by atoms with Gasteiger partial charge in [-0.3, -0.25) is 0 Å². The molecule has 1 nitrogen and oxygen atoms in total. The first-order chi connectivity index (χ1) is 21.6. The van der Waals surface area contributed by atoms with Gasteiger partial charge >= 0.3 is 0 Å². The Morgan fingerprint density at radius 2 is 1.00 bits per heavy atom. The molecule has 0 heterocycles. The Hall–Kier alpha value is -5.40. The van der Waals surface area contributed by atoms with Crippen LogP contribution in [0.1, 0.15) is 25.0 Å². The molecule has 7 aromatic rings. The summed E-state index contributed by atoms with van der Waals surface area (Å²) in [7, 11) is 0. The van der Waals surface area contributed by atoms with Crippen LogP contribution in [0.4, 0.5) is 17.1 Å². The molecule has 0 radical (unpaired) electrons. The summed E-state index contributed by atoms with van der Waals surface area (Å²) in [6.45, 7) is 4.70. The van der Waals surface area contributed by atoms with E-state index in [-0.39, 0.29) is 5.41 Å². The van der Waals surface area contributed by atoms with Gasteiger partial charge in [0.2, 0.25) is 0 Å². The summed E-state index contributed by atoms with van der Waals surface area (Å²) in [5.74, 6) is 0. The van der Waals surface area contributed by atoms with Gasteiger partial charge in [0.25, 0.3) is 0 Å². The highest BCUT2D eigenvalue weighted by atomic mass is 15.1. The SMILES string of the molecule is CC1(C)c2ccccc2-c2ccc(N(c3ccccc3)c3cc(-c4ccc5ccccc5c4)ccc3-c3ccccc3)cc21. The van der Waals surface area contributed by atoms with Crippen molar-refractivity contribution in [3.63, 3.8) is 0 Å². The average molecular weight is 564 g/mol. The zero-order valence-corrected chi connectivity index (χ0v) is 25.0. The van der Waals surface area contributed by atoms with Crippen LogP contribution in [0.2, 0.25) is 0 Å². The summed E-state index contributed by atoms with van der Waals surface area (Å²) in [6.07, 6.45) is 0. The summed E-state index contributed by atoms with van der Waals surface area (Å²) in [6, 6.07) is 59.7. The molecule has 0 bridgehead atoms. The van der Waals surface area contributed by atoms with Crippen LogP contribution in [-0.2, 0) is 5.41 Å². The lowest BCUT2D eigenvalue weighted by Crippen LogP contribution is -2.17. The zero-order valence-electron chi connectivity index (χ0n) is 25.0. The molecule has 210 valence electrons. The predicted octanol–water partition coefficient (Wildman–Crippen LogP) is 11.9. The van der Waals surface area contributed by atoms with Crippen LogP contribution in [0, 0.1) is 0 Å². The molecular weight excluding hydrogens is 530 g/mol. The van der Waals surface area contributed by atoms with Crippen molar-refractivity contribution in [3.05, 3.63) is 175 Å². The van der Waals surface area contributed by atoms with Crippen molar-refractivity contribution < 1.29 is 0 Å². The van der Waals surface area contributed by atoms with E-state index in [1.807, 2.05) is 0 Å². The third kappa shape index (κ3) is 4.32. The monoisotopic (exact) mass is 563 g/mol. The van der Waals surface area contributed by atoms with E-state index < -0.39 is 0 Å². The Kier molecular flexibility index (Phi) is 6.20. The standard InChI is InChI=1S/C43H33N/c1-43(2)40-20-12-11-19-38(40)39-26-24-36(29-41(39)43)44(35-17-7-4-8-18-35)42-28-34(23-25-37(42)31-14-5-3-6-15-31)33-22-21-30-13-9-10-16-32(30)27-33/h3-29H,1-2H3. The van der Waals surface area contributed by atoms with E-state index in [4.69, 9.17) is 0 Å². The van der Waals surface area contributed by atoms with Gasteiger partial charge in [0.1, 0.15) is 0 Å². The first-order valence-electron chi connectivity index (χ1n) is 15.4. The third-order valence-electron chi connectivity index (χ3n) is 9.25. The summed E-state index contributed by atoms with van der Waals surface area (Å²) in [4.78, 5) is 2.44. The van der Waals surface area contributed by atoms with Gasteiger partial charge in [-0.05, 0) is 86.1 Å². The van der Waals surface area contributed by atoms with Crippen molar-refractivity contribution in [1.82, 2.24) is 0 Å². The molecule has 1 aliphatic carbocycles. The smallest absolute Gasteiger partial charge is 0.0546 e. The molecule has 8 rings (SSSR count). The fraction of sp³-hybridized carbons (Fsp3) is 0.0698. The van der Waals surface area contributed by atoms with Gasteiger partial charge in [-0.2, -0.15) is 0 Å². The maximum atomic E-state index is 2.44. The van der Waals surface area contributed by atoms with E-state index in [9.17, 15) is 0 Å². The summed E-state index contributed by atoms with van der Waals surface area (Å²) in [5, 5.41) is 2.50. The lowest BCUT2D eigenvalue weighted by Gasteiger charge is -2.30. The molecule has 0 fully saturated rings. The van der Waals surface area contributed by atoms with E-state index in [0.717, 1.165) is 17.1 Å². The molecular formula is C43H33N. The predicted molar refractivity (Wildman–Crippen MR) is 187 cm³/mol. The summed E-state index contributed by atoms with van der Waals surface area (Å²) in [5.41, 5.74) is 13.6. The van der Waals surface area contributed by atoms with Crippen LogP contribution in [-0.4, -0.2) is 0 Å². The molecule has 0 saturated heterocycles. The van der Waals surface area contributed by atoms with Gasteiger partial charge in [0.15, 0.2) is 0 Å². The molecule has 0 spiro atoms. The molecule has 0 aromatic heterocycles. The number of rotatable bonds is 5. The Labute approximate surface area is 259 Å². The minimum absolute atomic E-state index is 0.0838. The quantitative estimate of drug-likeness (QED) is 0.201. The normalized spacial score (nSPS) is 13.0. The lowest BCUT2D eigenvalue weighted by atomic mass is 9.82. The highest BCUT2D eigenvalue weighted by Crippen LogP contribution is 2.51. The van der Waals surface area contributed by atoms with Crippen LogP contribution in [0.5, 0.6) is 0 Å². The average Bonchev–Trinajstić information content (AvgIpc) is 3.31. The number of hydrogen-bond donors (Lipinski definition) is 0. The van der Waals surface area contributed by atoms with Crippen molar-refractivity contribution in [2.24, 2.45) is 0 Å². The first-order valence-corrected chi connectivity index (χ1v) is 15.4. The van der Waals surface area contributed by atoms with Crippen LogP contribution < -0.4 is 4.90 Å².